The molecule has 2 aromatic rings. The van der Waals surface area contributed by atoms with Crippen molar-refractivity contribution in [3.05, 3.63) is 48.5 Å². The van der Waals surface area contributed by atoms with Crippen LogP contribution in [0.4, 0.5) is 0 Å². The predicted molar refractivity (Wildman–Crippen MR) is 76.1 cm³/mol. The van der Waals surface area contributed by atoms with Crippen LogP contribution in [0.1, 0.15) is 19.7 Å². The second-order valence-electron chi connectivity index (χ2n) is 4.73. The van der Waals surface area contributed by atoms with Crippen LogP contribution in [0.3, 0.4) is 0 Å². The van der Waals surface area contributed by atoms with E-state index in [0.717, 1.165) is 24.7 Å². The van der Waals surface area contributed by atoms with Crippen LogP contribution >= 0.6 is 0 Å². The fraction of sp³-hybridized carbons (Fsp3) is 0.400. The maximum Gasteiger partial charge on any atom is 0.122 e. The lowest BCUT2D eigenvalue weighted by Gasteiger charge is -2.11. The molecule has 1 heterocycles. The molecule has 4 heteroatoms. The molecule has 0 aliphatic carbocycles. The molecular weight excluding hydrogens is 238 g/mol. The molecule has 2 rings (SSSR count). The molecule has 1 aromatic heterocycles. The van der Waals surface area contributed by atoms with E-state index in [2.05, 4.69) is 28.7 Å². The summed E-state index contributed by atoms with van der Waals surface area (Å²) < 4.78 is 7.81. The van der Waals surface area contributed by atoms with Crippen molar-refractivity contribution in [2.24, 2.45) is 0 Å². The number of hydrogen-bond donors (Lipinski definition) is 1. The van der Waals surface area contributed by atoms with Crippen molar-refractivity contribution in [2.75, 3.05) is 6.61 Å². The minimum Gasteiger partial charge on any atom is -0.492 e. The Balaban J connectivity index is 1.81. The molecule has 0 saturated heterocycles. The van der Waals surface area contributed by atoms with Gasteiger partial charge in [0.1, 0.15) is 18.2 Å². The molecule has 0 spiro atoms. The van der Waals surface area contributed by atoms with Gasteiger partial charge >= 0.3 is 0 Å². The zero-order valence-electron chi connectivity index (χ0n) is 11.5. The van der Waals surface area contributed by atoms with Gasteiger partial charge in [0.05, 0.1) is 13.1 Å². The van der Waals surface area contributed by atoms with Gasteiger partial charge < -0.3 is 14.6 Å². The number of nitrogens with one attached hydrogen (secondary N) is 1. The van der Waals surface area contributed by atoms with Crippen molar-refractivity contribution in [1.82, 2.24) is 14.9 Å². The van der Waals surface area contributed by atoms with Crippen molar-refractivity contribution in [1.29, 1.82) is 0 Å². The number of aromatic nitrogens is 2. The molecular formula is C15H21N3O. The van der Waals surface area contributed by atoms with E-state index in [0.29, 0.717) is 12.6 Å². The second-order valence-corrected chi connectivity index (χ2v) is 4.73. The minimum atomic E-state index is 0.464. The summed E-state index contributed by atoms with van der Waals surface area (Å²) >= 11 is 0. The first kappa shape index (κ1) is 13.6. The van der Waals surface area contributed by atoms with E-state index in [1.54, 1.807) is 0 Å². The van der Waals surface area contributed by atoms with Gasteiger partial charge in [0.2, 0.25) is 0 Å². The van der Waals surface area contributed by atoms with Gasteiger partial charge in [-0.1, -0.05) is 32.0 Å². The molecule has 0 aliphatic rings. The summed E-state index contributed by atoms with van der Waals surface area (Å²) in [4.78, 5) is 4.36. The highest BCUT2D eigenvalue weighted by Gasteiger charge is 2.03. The number of benzene rings is 1. The lowest BCUT2D eigenvalue weighted by Crippen LogP contribution is -2.24. The Labute approximate surface area is 114 Å². The van der Waals surface area contributed by atoms with Gasteiger partial charge in [-0.15, -0.1) is 0 Å². The summed E-state index contributed by atoms with van der Waals surface area (Å²) in [6.07, 6.45) is 3.82. The monoisotopic (exact) mass is 259 g/mol. The largest absolute Gasteiger partial charge is 0.492 e. The summed E-state index contributed by atoms with van der Waals surface area (Å²) in [5, 5.41) is 3.37. The summed E-state index contributed by atoms with van der Waals surface area (Å²) in [5.41, 5.74) is 0. The second kappa shape index (κ2) is 6.95. The minimum absolute atomic E-state index is 0.464. The Hall–Kier alpha value is -1.81. The van der Waals surface area contributed by atoms with E-state index in [-0.39, 0.29) is 0 Å². The van der Waals surface area contributed by atoms with Gasteiger partial charge in [-0.3, -0.25) is 0 Å². The molecule has 1 N–H and O–H groups in total. The van der Waals surface area contributed by atoms with Gasteiger partial charge in [0, 0.05) is 18.4 Å². The van der Waals surface area contributed by atoms with Gasteiger partial charge in [0.15, 0.2) is 0 Å². The van der Waals surface area contributed by atoms with Crippen LogP contribution in [0.5, 0.6) is 5.75 Å². The molecule has 0 fully saturated rings. The van der Waals surface area contributed by atoms with E-state index in [4.69, 9.17) is 4.74 Å². The Morgan fingerprint density at radius 2 is 2.05 bits per heavy atom. The van der Waals surface area contributed by atoms with Gasteiger partial charge in [-0.25, -0.2) is 4.98 Å². The van der Waals surface area contributed by atoms with Crippen LogP contribution in [0.15, 0.2) is 42.7 Å². The third-order valence-electron chi connectivity index (χ3n) is 2.81. The highest BCUT2D eigenvalue weighted by atomic mass is 16.5. The van der Waals surface area contributed by atoms with Crippen molar-refractivity contribution in [2.45, 2.75) is 33.0 Å². The smallest absolute Gasteiger partial charge is 0.122 e. The molecule has 4 nitrogen and oxygen atoms in total. The van der Waals surface area contributed by atoms with E-state index in [9.17, 15) is 0 Å². The number of nitrogens with zero attached hydrogens (tertiary/aromatic N) is 2. The van der Waals surface area contributed by atoms with Crippen LogP contribution in [-0.4, -0.2) is 22.2 Å². The fourth-order valence-corrected chi connectivity index (χ4v) is 1.78. The summed E-state index contributed by atoms with van der Waals surface area (Å²) in [7, 11) is 0. The quantitative estimate of drug-likeness (QED) is 0.830. The first-order valence-electron chi connectivity index (χ1n) is 6.67. The van der Waals surface area contributed by atoms with Gasteiger partial charge in [0.25, 0.3) is 0 Å². The molecule has 102 valence electrons. The number of para-hydroxylation sites is 1. The highest BCUT2D eigenvalue weighted by molar-refractivity contribution is 5.20. The van der Waals surface area contributed by atoms with Gasteiger partial charge in [-0.2, -0.15) is 0 Å². The molecule has 1 aromatic carbocycles. The Bertz CT molecular complexity index is 479. The molecule has 0 unspecified atom stereocenters. The third-order valence-corrected chi connectivity index (χ3v) is 2.81. The number of ether oxygens (including phenoxy) is 1. The van der Waals surface area contributed by atoms with Crippen molar-refractivity contribution in [3.63, 3.8) is 0 Å². The normalized spacial score (nSPS) is 10.9. The molecule has 0 bridgehead atoms. The van der Waals surface area contributed by atoms with E-state index >= 15 is 0 Å². The number of hydrogen-bond acceptors (Lipinski definition) is 3. The first-order chi connectivity index (χ1) is 9.25. The SMILES string of the molecule is CC(C)NCc1nccn1CCOc1ccccc1. The standard InChI is InChI=1S/C15H21N3O/c1-13(2)17-12-15-16-8-9-18(15)10-11-19-14-6-4-3-5-7-14/h3-9,13,17H,10-12H2,1-2H3. The van der Waals surface area contributed by atoms with Crippen LogP contribution in [-0.2, 0) is 13.1 Å². The lowest BCUT2D eigenvalue weighted by atomic mass is 10.3. The lowest BCUT2D eigenvalue weighted by molar-refractivity contribution is 0.295. The van der Waals surface area contributed by atoms with Crippen LogP contribution in [0, 0.1) is 0 Å². The Morgan fingerprint density at radius 1 is 1.26 bits per heavy atom. The maximum absolute atomic E-state index is 5.69. The summed E-state index contributed by atoms with van der Waals surface area (Å²) in [6, 6.07) is 10.3. The van der Waals surface area contributed by atoms with E-state index < -0.39 is 0 Å². The zero-order chi connectivity index (χ0) is 13.5. The Kier molecular flexibility index (Phi) is 4.98. The Morgan fingerprint density at radius 3 is 2.79 bits per heavy atom. The topological polar surface area (TPSA) is 39.1 Å². The summed E-state index contributed by atoms with van der Waals surface area (Å²) in [5.74, 6) is 1.95. The van der Waals surface area contributed by atoms with Crippen molar-refractivity contribution in [3.8, 4) is 5.75 Å². The zero-order valence-corrected chi connectivity index (χ0v) is 11.5. The van der Waals surface area contributed by atoms with E-state index in [1.165, 1.54) is 0 Å². The molecule has 0 radical (unpaired) electrons. The predicted octanol–water partition coefficient (Wildman–Crippen LogP) is 2.46. The van der Waals surface area contributed by atoms with Gasteiger partial charge in [-0.05, 0) is 12.1 Å². The first-order valence-corrected chi connectivity index (χ1v) is 6.67. The number of rotatable bonds is 7. The summed E-state index contributed by atoms with van der Waals surface area (Å²) in [6.45, 7) is 6.51. The molecule has 0 aliphatic heterocycles. The number of imidazole rings is 1. The fourth-order valence-electron chi connectivity index (χ4n) is 1.78. The van der Waals surface area contributed by atoms with Crippen molar-refractivity contribution >= 4 is 0 Å². The molecule has 0 saturated carbocycles. The highest BCUT2D eigenvalue weighted by Crippen LogP contribution is 2.08. The molecule has 0 atom stereocenters. The third kappa shape index (κ3) is 4.41. The van der Waals surface area contributed by atoms with E-state index in [1.807, 2.05) is 42.7 Å². The molecule has 19 heavy (non-hydrogen) atoms. The van der Waals surface area contributed by atoms with Crippen molar-refractivity contribution < 1.29 is 4.74 Å². The van der Waals surface area contributed by atoms with Crippen LogP contribution in [0.25, 0.3) is 0 Å². The van der Waals surface area contributed by atoms with Crippen LogP contribution in [0.2, 0.25) is 0 Å². The van der Waals surface area contributed by atoms with Crippen LogP contribution < -0.4 is 10.1 Å². The maximum atomic E-state index is 5.69. The average Bonchev–Trinajstić information content (AvgIpc) is 2.85. The average molecular weight is 259 g/mol. The molecule has 0 amide bonds.